The Hall–Kier alpha value is -1.56. The van der Waals surface area contributed by atoms with Gasteiger partial charge < -0.3 is 0 Å². The van der Waals surface area contributed by atoms with Gasteiger partial charge in [0.05, 0.1) is 0 Å². The maximum atomic E-state index is 12.1. The molecule has 0 aliphatic carbocycles. The molecule has 0 N–H and O–H groups in total. The van der Waals surface area contributed by atoms with Crippen LogP contribution in [0.2, 0.25) is 0 Å². The van der Waals surface area contributed by atoms with Crippen molar-refractivity contribution in [3.63, 3.8) is 0 Å². The molecule has 2 aromatic carbocycles. The molecule has 0 fully saturated rings. The normalized spacial score (nSPS) is 17.7. The lowest BCUT2D eigenvalue weighted by molar-refractivity contribution is 0.360. The largest absolute Gasteiger partial charge is 0.310 e. The fourth-order valence-electron chi connectivity index (χ4n) is 1.65. The molecule has 0 saturated heterocycles. The van der Waals surface area contributed by atoms with E-state index in [0.717, 1.165) is 18.2 Å². The lowest BCUT2D eigenvalue weighted by Gasteiger charge is -2.40. The van der Waals surface area contributed by atoms with E-state index >= 15 is 0 Å². The summed E-state index contributed by atoms with van der Waals surface area (Å²) in [5, 5.41) is 0. The highest BCUT2D eigenvalue weighted by atomic mass is 32.5. The summed E-state index contributed by atoms with van der Waals surface area (Å²) < 4.78 is 121. The molecule has 26 heavy (non-hydrogen) atoms. The van der Waals surface area contributed by atoms with Gasteiger partial charge in [-0.05, 0) is 43.7 Å². The van der Waals surface area contributed by atoms with Gasteiger partial charge in [0.1, 0.15) is 9.79 Å². The number of rotatable bonds is 2. The van der Waals surface area contributed by atoms with E-state index in [2.05, 4.69) is 0 Å². The van der Waals surface area contributed by atoms with Gasteiger partial charge in [-0.25, -0.2) is 0 Å². The van der Waals surface area contributed by atoms with Crippen LogP contribution in [0.4, 0.5) is 38.9 Å². The van der Waals surface area contributed by atoms with Gasteiger partial charge in [-0.1, -0.05) is 68.7 Å². The van der Waals surface area contributed by atoms with Gasteiger partial charge in [0.25, 0.3) is 0 Å². The zero-order valence-corrected chi connectivity index (χ0v) is 14.8. The molecule has 0 atom stereocenters. The van der Waals surface area contributed by atoms with Crippen LogP contribution in [-0.4, -0.2) is 0 Å². The average Bonchev–Trinajstić information content (AvgIpc) is 2.34. The van der Waals surface area contributed by atoms with Gasteiger partial charge in [-0.3, -0.25) is 0 Å². The van der Waals surface area contributed by atoms with Crippen molar-refractivity contribution in [3.05, 3.63) is 59.7 Å². The number of hydrogen-bond donors (Lipinski definition) is 0. The monoisotopic (exact) mass is 436 g/mol. The Kier molecular flexibility index (Phi) is 4.35. The van der Waals surface area contributed by atoms with Gasteiger partial charge in [-0.2, -0.15) is 0 Å². The molecule has 0 amide bonds. The van der Waals surface area contributed by atoms with Crippen LogP contribution in [0.1, 0.15) is 11.1 Å². The van der Waals surface area contributed by atoms with Gasteiger partial charge in [0.15, 0.2) is 0 Å². The molecule has 0 saturated carbocycles. The zero-order chi connectivity index (χ0) is 20.8. The van der Waals surface area contributed by atoms with E-state index in [4.69, 9.17) is 0 Å². The standard InChI is InChI=1S/2C7H7F5S/c1-6-2-4-7(5-3-6)13(8,9,10,11)12;1-6-3-2-4-7(5-6)13(8,9,10,11)12/h2*2-5H,1H3. The summed E-state index contributed by atoms with van der Waals surface area (Å²) in [6, 6.07) is 5.93. The average molecular weight is 436 g/mol. The molecular weight excluding hydrogens is 422 g/mol. The third-order valence-electron chi connectivity index (χ3n) is 2.90. The summed E-state index contributed by atoms with van der Waals surface area (Å²) >= 11 is 0. The van der Waals surface area contributed by atoms with E-state index in [1.165, 1.54) is 19.9 Å². The van der Waals surface area contributed by atoms with E-state index < -0.39 is 30.2 Å². The molecule has 2 rings (SSSR count). The topological polar surface area (TPSA) is 0 Å². The van der Waals surface area contributed by atoms with E-state index in [-0.39, 0.29) is 5.56 Å². The molecule has 0 aromatic heterocycles. The van der Waals surface area contributed by atoms with Gasteiger partial charge >= 0.3 is 20.4 Å². The van der Waals surface area contributed by atoms with E-state index in [0.29, 0.717) is 29.8 Å². The molecule has 152 valence electrons. The molecule has 0 aliphatic heterocycles. The molecule has 0 radical (unpaired) electrons. The molecule has 0 spiro atoms. The Morgan fingerprint density at radius 3 is 1.23 bits per heavy atom. The molecule has 0 bridgehead atoms. The third-order valence-corrected chi connectivity index (χ3v) is 5.21. The second-order valence-electron chi connectivity index (χ2n) is 5.57. The van der Waals surface area contributed by atoms with Crippen LogP contribution in [0.25, 0.3) is 0 Å². The second kappa shape index (κ2) is 5.03. The van der Waals surface area contributed by atoms with Crippen LogP contribution in [0, 0.1) is 13.8 Å². The first-order valence-electron chi connectivity index (χ1n) is 6.59. The third kappa shape index (κ3) is 6.98. The summed E-state index contributed by atoms with van der Waals surface area (Å²) in [5.41, 5.74) is 0.663. The summed E-state index contributed by atoms with van der Waals surface area (Å²) in [6.45, 7) is 2.85. The number of benzene rings is 2. The van der Waals surface area contributed by atoms with Crippen molar-refractivity contribution in [1.29, 1.82) is 0 Å². The maximum absolute atomic E-state index is 12.1. The Morgan fingerprint density at radius 1 is 0.500 bits per heavy atom. The Balaban J connectivity index is 0.000000260. The first-order chi connectivity index (χ1) is 11.0. The number of halogens is 10. The molecular formula is C14H14F10S2. The van der Waals surface area contributed by atoms with E-state index in [1.54, 1.807) is 0 Å². The molecule has 0 aliphatic rings. The van der Waals surface area contributed by atoms with Gasteiger partial charge in [0.2, 0.25) is 0 Å². The molecule has 0 unspecified atom stereocenters. The van der Waals surface area contributed by atoms with Crippen LogP contribution >= 0.6 is 20.4 Å². The minimum atomic E-state index is -9.46. The van der Waals surface area contributed by atoms with Crippen molar-refractivity contribution < 1.29 is 38.9 Å². The predicted octanol–water partition coefficient (Wildman–Crippen LogP) is 9.30. The molecule has 2 aromatic rings. The highest BCUT2D eigenvalue weighted by molar-refractivity contribution is 8.46. The zero-order valence-electron chi connectivity index (χ0n) is 13.2. The maximum Gasteiger partial charge on any atom is 0.310 e. The highest BCUT2D eigenvalue weighted by Crippen LogP contribution is 3.02. The summed E-state index contributed by atoms with van der Waals surface area (Å²) in [4.78, 5) is -3.68. The van der Waals surface area contributed by atoms with Crippen LogP contribution in [0.15, 0.2) is 58.3 Å². The van der Waals surface area contributed by atoms with Crippen molar-refractivity contribution in [2.75, 3.05) is 0 Å². The van der Waals surface area contributed by atoms with Crippen molar-refractivity contribution in [2.45, 2.75) is 23.6 Å². The van der Waals surface area contributed by atoms with Crippen LogP contribution in [0.3, 0.4) is 0 Å². The lowest BCUT2D eigenvalue weighted by atomic mass is 10.2. The second-order valence-corrected chi connectivity index (χ2v) is 10.4. The smallest absolute Gasteiger partial charge is 0.0936 e. The quantitative estimate of drug-likeness (QED) is 0.412. The van der Waals surface area contributed by atoms with Crippen molar-refractivity contribution in [3.8, 4) is 0 Å². The van der Waals surface area contributed by atoms with E-state index in [9.17, 15) is 38.9 Å². The minimum absolute atomic E-state index is 0.158. The Labute approximate surface area is 143 Å². The first-order valence-corrected chi connectivity index (χ1v) is 10.5. The predicted molar refractivity (Wildman–Crippen MR) is 85.2 cm³/mol. The Morgan fingerprint density at radius 2 is 0.923 bits per heavy atom. The molecule has 0 nitrogen and oxygen atoms in total. The van der Waals surface area contributed by atoms with Gasteiger partial charge in [-0.15, -0.1) is 0 Å². The van der Waals surface area contributed by atoms with Crippen molar-refractivity contribution in [1.82, 2.24) is 0 Å². The fourth-order valence-corrected chi connectivity index (χ4v) is 3.05. The lowest BCUT2D eigenvalue weighted by Crippen LogP contribution is -2.05. The molecule has 0 heterocycles. The summed E-state index contributed by atoms with van der Waals surface area (Å²) in [7, 11) is -18.9. The van der Waals surface area contributed by atoms with Crippen LogP contribution in [0.5, 0.6) is 0 Å². The van der Waals surface area contributed by atoms with Crippen LogP contribution < -0.4 is 0 Å². The first kappa shape index (κ1) is 22.5. The number of aryl methyl sites for hydroxylation is 2. The Bertz CT molecular complexity index is 806. The van der Waals surface area contributed by atoms with Crippen LogP contribution in [-0.2, 0) is 0 Å². The minimum Gasteiger partial charge on any atom is -0.0936 e. The fraction of sp³-hybridized carbons (Fsp3) is 0.143. The van der Waals surface area contributed by atoms with Gasteiger partial charge in [0, 0.05) is 0 Å². The SMILES string of the molecule is Cc1ccc(S(F)(F)(F)(F)F)cc1.Cc1cccc(S(F)(F)(F)(F)F)c1. The van der Waals surface area contributed by atoms with E-state index in [1.807, 2.05) is 0 Å². The molecule has 12 heteroatoms. The summed E-state index contributed by atoms with van der Waals surface area (Å²) in [5.74, 6) is 0. The highest BCUT2D eigenvalue weighted by Gasteiger charge is 2.66. The van der Waals surface area contributed by atoms with Crippen molar-refractivity contribution in [2.24, 2.45) is 0 Å². The van der Waals surface area contributed by atoms with Crippen molar-refractivity contribution >= 4 is 20.4 Å². The number of hydrogen-bond acceptors (Lipinski definition) is 0. The summed E-state index contributed by atoms with van der Waals surface area (Å²) in [6.07, 6.45) is 0.